The number of ether oxygens (including phenoxy) is 2. The topological polar surface area (TPSA) is 332 Å². The maximum absolute atomic E-state index is 12.2. The lowest BCUT2D eigenvalue weighted by Gasteiger charge is -2.12. The molecule has 0 unspecified atom stereocenters. The molecule has 52 heavy (non-hydrogen) atoms. The minimum Gasteiger partial charge on any atom is -0.504 e. The van der Waals surface area contributed by atoms with Gasteiger partial charge in [0, 0.05) is 21.5 Å². The van der Waals surface area contributed by atoms with Crippen molar-refractivity contribution in [1.29, 1.82) is 0 Å². The van der Waals surface area contributed by atoms with E-state index in [-0.39, 0.29) is 48.0 Å². The highest BCUT2D eigenvalue weighted by Crippen LogP contribution is 2.44. The summed E-state index contributed by atoms with van der Waals surface area (Å²) in [4.78, 5) is 0. The predicted octanol–water partition coefficient (Wildman–Crippen LogP) is 1.19. The highest BCUT2D eigenvalue weighted by atomic mass is 32.3. The number of phenolic OH excluding ortho intramolecular Hbond substituents is 4. The highest BCUT2D eigenvalue weighted by Gasteiger charge is 2.23. The number of aromatic hydroxyl groups is 4. The van der Waals surface area contributed by atoms with Gasteiger partial charge in [-0.15, -0.1) is 0 Å². The molecule has 286 valence electrons. The fourth-order valence-corrected chi connectivity index (χ4v) is 6.22. The van der Waals surface area contributed by atoms with Gasteiger partial charge in [-0.1, -0.05) is 0 Å². The van der Waals surface area contributed by atoms with E-state index in [9.17, 15) is 54.1 Å². The molecule has 0 bridgehead atoms. The third-order valence-electron chi connectivity index (χ3n) is 6.20. The average molecular weight is 819 g/mol. The normalized spacial score (nSPS) is 12.6. The fraction of sp³-hybridized carbons (Fsp3) is 0.231. The van der Waals surface area contributed by atoms with Gasteiger partial charge in [-0.2, -0.15) is 33.7 Å². The van der Waals surface area contributed by atoms with E-state index in [1.54, 1.807) is 0 Å². The SMILES string of the molecule is O=S(=O)(O)Oc1ccc2c(O)c(OS(=O)(=O)OCCOCCOCCOS(=O)(=O)Oc3ccc4c(O)c(OS(=O)(=O)O)ccc4c3O)ccc2c1O. The molecule has 6 N–H and O–H groups in total. The molecule has 0 saturated heterocycles. The average Bonchev–Trinajstić information content (AvgIpc) is 3.02. The summed E-state index contributed by atoms with van der Waals surface area (Å²) in [6.45, 7) is -1.90. The van der Waals surface area contributed by atoms with Gasteiger partial charge in [-0.3, -0.25) is 9.11 Å². The van der Waals surface area contributed by atoms with Crippen LogP contribution in [0.2, 0.25) is 0 Å². The molecule has 0 saturated carbocycles. The lowest BCUT2D eigenvalue weighted by molar-refractivity contribution is 0.0267. The monoisotopic (exact) mass is 818 g/mol. The van der Waals surface area contributed by atoms with Crippen molar-refractivity contribution in [3.8, 4) is 46.0 Å². The van der Waals surface area contributed by atoms with Crippen LogP contribution in [0.5, 0.6) is 46.0 Å². The number of fused-ring (bicyclic) bond motifs is 2. The van der Waals surface area contributed by atoms with E-state index in [4.69, 9.17) is 26.9 Å². The molecule has 0 aromatic heterocycles. The number of rotatable bonds is 19. The van der Waals surface area contributed by atoms with Crippen molar-refractivity contribution in [2.24, 2.45) is 0 Å². The predicted molar refractivity (Wildman–Crippen MR) is 172 cm³/mol. The third-order valence-corrected chi connectivity index (χ3v) is 8.65. The second-order valence-electron chi connectivity index (χ2n) is 9.71. The molecule has 0 heterocycles. The first-order chi connectivity index (χ1) is 24.2. The molecule has 0 radical (unpaired) electrons. The van der Waals surface area contributed by atoms with E-state index in [0.717, 1.165) is 48.5 Å². The van der Waals surface area contributed by atoms with E-state index in [1.807, 2.05) is 0 Å². The standard InChI is InChI=1S/C26H26O22S4/c27-23-15-3-7-21(25(29)17(15)1-5-19(23)45-49(31,32)33)47-51(37,38)43-13-11-41-9-10-42-12-14-44-52(39,40)48-22-8-4-16-18(26(22)30)2-6-20(24(16)28)46-50(34,35)36/h1-8,27-30H,9-14H2,(H,31,32,33)(H,34,35,36). The molecule has 0 spiro atoms. The molecule has 0 atom stereocenters. The maximum Gasteiger partial charge on any atom is 0.449 e. The smallest absolute Gasteiger partial charge is 0.449 e. The molecular formula is C26H26O22S4. The van der Waals surface area contributed by atoms with E-state index < -0.39 is 101 Å². The van der Waals surface area contributed by atoms with Gasteiger partial charge in [0.2, 0.25) is 0 Å². The first kappa shape index (κ1) is 40.1. The van der Waals surface area contributed by atoms with Gasteiger partial charge in [-0.05, 0) is 48.5 Å². The molecule has 0 aliphatic carbocycles. The summed E-state index contributed by atoms with van der Waals surface area (Å²) >= 11 is 0. The van der Waals surface area contributed by atoms with Crippen molar-refractivity contribution in [3.05, 3.63) is 48.5 Å². The largest absolute Gasteiger partial charge is 0.504 e. The molecule has 0 aliphatic heterocycles. The number of phenols is 4. The molecular weight excluding hydrogens is 793 g/mol. The van der Waals surface area contributed by atoms with Crippen LogP contribution in [0.15, 0.2) is 48.5 Å². The van der Waals surface area contributed by atoms with Crippen molar-refractivity contribution >= 4 is 63.1 Å². The number of hydrogen-bond acceptors (Lipinski definition) is 20. The zero-order chi connectivity index (χ0) is 38.5. The minimum absolute atomic E-state index is 0.111. The van der Waals surface area contributed by atoms with Gasteiger partial charge >= 0.3 is 41.6 Å². The van der Waals surface area contributed by atoms with E-state index in [0.29, 0.717) is 0 Å². The maximum atomic E-state index is 12.2. The van der Waals surface area contributed by atoms with Crippen LogP contribution in [0.25, 0.3) is 21.5 Å². The Morgan fingerprint density at radius 1 is 0.385 bits per heavy atom. The summed E-state index contributed by atoms with van der Waals surface area (Å²) in [5.74, 6) is -5.67. The van der Waals surface area contributed by atoms with Crippen molar-refractivity contribution in [2.45, 2.75) is 0 Å². The highest BCUT2D eigenvalue weighted by molar-refractivity contribution is 7.82. The van der Waals surface area contributed by atoms with Gasteiger partial charge in [0.05, 0.1) is 39.6 Å². The second-order valence-corrected chi connectivity index (χ2v) is 14.2. The van der Waals surface area contributed by atoms with Crippen LogP contribution in [-0.2, 0) is 59.4 Å². The Balaban J connectivity index is 1.16. The van der Waals surface area contributed by atoms with Crippen molar-refractivity contribution in [1.82, 2.24) is 0 Å². The summed E-state index contributed by atoms with van der Waals surface area (Å²) in [6.07, 6.45) is 0. The molecule has 0 amide bonds. The Hall–Kier alpha value is -4.64. The van der Waals surface area contributed by atoms with E-state index in [2.05, 4.69) is 16.7 Å². The Labute approximate surface area is 294 Å². The quantitative estimate of drug-likeness (QED) is 0.0571. The Kier molecular flexibility index (Phi) is 12.3. The lowest BCUT2D eigenvalue weighted by Crippen LogP contribution is -2.19. The van der Waals surface area contributed by atoms with Gasteiger partial charge in [0.15, 0.2) is 46.0 Å². The van der Waals surface area contributed by atoms with Crippen LogP contribution in [-0.4, -0.2) is 103 Å². The number of hydrogen-bond donors (Lipinski definition) is 6. The molecule has 26 heteroatoms. The van der Waals surface area contributed by atoms with E-state index in [1.165, 1.54) is 0 Å². The van der Waals surface area contributed by atoms with E-state index >= 15 is 0 Å². The van der Waals surface area contributed by atoms with Crippen molar-refractivity contribution in [3.63, 3.8) is 0 Å². The first-order valence-electron chi connectivity index (χ1n) is 13.8. The minimum atomic E-state index is -4.97. The van der Waals surface area contributed by atoms with Crippen molar-refractivity contribution in [2.75, 3.05) is 39.6 Å². The molecule has 22 nitrogen and oxygen atoms in total. The van der Waals surface area contributed by atoms with Crippen LogP contribution in [0.3, 0.4) is 0 Å². The summed E-state index contributed by atoms with van der Waals surface area (Å²) in [5, 5.41) is 40.4. The molecule has 0 fully saturated rings. The van der Waals surface area contributed by atoms with Crippen LogP contribution >= 0.6 is 0 Å². The van der Waals surface area contributed by atoms with Gasteiger partial charge in [0.1, 0.15) is 0 Å². The summed E-state index contributed by atoms with van der Waals surface area (Å²) in [7, 11) is -19.4. The Bertz CT molecular complexity index is 2220. The fourth-order valence-electron chi connectivity index (χ4n) is 4.14. The van der Waals surface area contributed by atoms with Crippen LogP contribution < -0.4 is 16.7 Å². The van der Waals surface area contributed by atoms with Crippen LogP contribution in [0.4, 0.5) is 0 Å². The van der Waals surface area contributed by atoms with Gasteiger partial charge < -0.3 is 46.6 Å². The van der Waals surface area contributed by atoms with Crippen LogP contribution in [0, 0.1) is 0 Å². The second kappa shape index (κ2) is 15.9. The van der Waals surface area contributed by atoms with Crippen LogP contribution in [0.1, 0.15) is 0 Å². The Morgan fingerprint density at radius 2 is 0.635 bits per heavy atom. The Morgan fingerprint density at radius 3 is 0.904 bits per heavy atom. The third kappa shape index (κ3) is 10.9. The number of benzene rings is 4. The summed E-state index contributed by atoms with van der Waals surface area (Å²) in [5.41, 5.74) is 0. The zero-order valence-corrected chi connectivity index (χ0v) is 29.0. The first-order valence-corrected chi connectivity index (χ1v) is 19.2. The summed E-state index contributed by atoms with van der Waals surface area (Å²) < 4.78 is 147. The summed E-state index contributed by atoms with van der Waals surface area (Å²) in [6, 6.07) is 7.86. The molecule has 0 aliphatic rings. The van der Waals surface area contributed by atoms with Gasteiger partial charge in [0.25, 0.3) is 0 Å². The van der Waals surface area contributed by atoms with Gasteiger partial charge in [-0.25, -0.2) is 8.37 Å². The van der Waals surface area contributed by atoms with Crippen molar-refractivity contribution < 1.29 is 97.8 Å². The molecule has 4 aromatic rings. The molecule has 4 aromatic carbocycles. The zero-order valence-electron chi connectivity index (χ0n) is 25.7. The molecule has 4 rings (SSSR count). The lowest BCUT2D eigenvalue weighted by atomic mass is 10.1.